The number of aliphatic hydroxyl groups excluding tert-OH is 1. The van der Waals surface area contributed by atoms with Crippen molar-refractivity contribution in [3.8, 4) is 0 Å². The summed E-state index contributed by atoms with van der Waals surface area (Å²) in [7, 11) is 0. The topological polar surface area (TPSA) is 62.4 Å². The van der Waals surface area contributed by atoms with Crippen LogP contribution in [-0.2, 0) is 0 Å². The number of nitrogens with two attached hydrogens (primary N) is 1. The van der Waals surface area contributed by atoms with E-state index in [2.05, 4.69) is 18.8 Å². The molecule has 3 N–H and O–H groups in total. The largest absolute Gasteiger partial charge is 0.395 e. The maximum absolute atomic E-state index is 8.98. The second-order valence-corrected chi connectivity index (χ2v) is 4.22. The summed E-state index contributed by atoms with van der Waals surface area (Å²) in [6.45, 7) is 4.78. The molecular formula is C11H17N3OS. The first-order valence-electron chi connectivity index (χ1n) is 5.19. The van der Waals surface area contributed by atoms with Crippen molar-refractivity contribution in [2.75, 3.05) is 18.1 Å². The molecule has 0 fully saturated rings. The van der Waals surface area contributed by atoms with E-state index in [0.717, 1.165) is 11.4 Å². The molecule has 4 nitrogen and oxygen atoms in total. The van der Waals surface area contributed by atoms with E-state index in [1.54, 1.807) is 6.20 Å². The number of hydrogen-bond acceptors (Lipinski definition) is 4. The second-order valence-electron chi connectivity index (χ2n) is 3.78. The van der Waals surface area contributed by atoms with Crippen LogP contribution < -0.4 is 10.6 Å². The lowest BCUT2D eigenvalue weighted by Crippen LogP contribution is -2.34. The molecule has 0 aliphatic carbocycles. The summed E-state index contributed by atoms with van der Waals surface area (Å²) in [5.41, 5.74) is 6.25. The van der Waals surface area contributed by atoms with Gasteiger partial charge >= 0.3 is 0 Å². The van der Waals surface area contributed by atoms with Crippen molar-refractivity contribution in [1.82, 2.24) is 4.98 Å². The molecule has 0 amide bonds. The lowest BCUT2D eigenvalue weighted by molar-refractivity contribution is 0.298. The molecule has 0 unspecified atom stereocenters. The molecule has 5 heteroatoms. The van der Waals surface area contributed by atoms with Crippen molar-refractivity contribution in [2.24, 2.45) is 5.73 Å². The van der Waals surface area contributed by atoms with Crippen molar-refractivity contribution in [3.63, 3.8) is 0 Å². The van der Waals surface area contributed by atoms with Crippen molar-refractivity contribution < 1.29 is 5.11 Å². The van der Waals surface area contributed by atoms with Gasteiger partial charge in [0, 0.05) is 24.3 Å². The third-order valence-electron chi connectivity index (χ3n) is 2.29. The van der Waals surface area contributed by atoms with Crippen molar-refractivity contribution >= 4 is 23.0 Å². The number of rotatable bonds is 5. The van der Waals surface area contributed by atoms with E-state index < -0.39 is 0 Å². The molecular weight excluding hydrogens is 222 g/mol. The molecule has 1 rings (SSSR count). The Labute approximate surface area is 101 Å². The smallest absolute Gasteiger partial charge is 0.128 e. The number of thiocarbonyl (C=S) groups is 1. The molecule has 1 heterocycles. The van der Waals surface area contributed by atoms with Crippen molar-refractivity contribution in [3.05, 3.63) is 23.9 Å². The molecule has 1 aromatic rings. The molecule has 0 aliphatic heterocycles. The summed E-state index contributed by atoms with van der Waals surface area (Å²) < 4.78 is 0. The lowest BCUT2D eigenvalue weighted by atomic mass is 10.2. The fraction of sp³-hybridized carbons (Fsp3) is 0.455. The van der Waals surface area contributed by atoms with Gasteiger partial charge in [-0.3, -0.25) is 0 Å². The Kier molecular flexibility index (Phi) is 4.64. The molecule has 0 aromatic carbocycles. The predicted molar refractivity (Wildman–Crippen MR) is 69.7 cm³/mol. The molecule has 0 spiro atoms. The van der Waals surface area contributed by atoms with Crippen LogP contribution in [0.2, 0.25) is 0 Å². The summed E-state index contributed by atoms with van der Waals surface area (Å²) >= 11 is 4.86. The van der Waals surface area contributed by atoms with Crippen LogP contribution in [0.1, 0.15) is 19.4 Å². The van der Waals surface area contributed by atoms with E-state index in [-0.39, 0.29) is 12.6 Å². The minimum absolute atomic E-state index is 0.108. The summed E-state index contributed by atoms with van der Waals surface area (Å²) in [4.78, 5) is 6.65. The fourth-order valence-corrected chi connectivity index (χ4v) is 1.57. The van der Waals surface area contributed by atoms with E-state index in [0.29, 0.717) is 11.5 Å². The van der Waals surface area contributed by atoms with Crippen LogP contribution in [0.3, 0.4) is 0 Å². The number of hydrogen-bond donors (Lipinski definition) is 2. The lowest BCUT2D eigenvalue weighted by Gasteiger charge is -2.27. The number of aliphatic hydroxyl groups is 1. The molecule has 0 aliphatic rings. The van der Waals surface area contributed by atoms with Crippen LogP contribution in [-0.4, -0.2) is 34.3 Å². The Balaban J connectivity index is 2.89. The van der Waals surface area contributed by atoms with E-state index >= 15 is 0 Å². The zero-order valence-corrected chi connectivity index (χ0v) is 10.4. The van der Waals surface area contributed by atoms with Crippen LogP contribution in [0.15, 0.2) is 18.3 Å². The molecule has 16 heavy (non-hydrogen) atoms. The van der Waals surface area contributed by atoms with Gasteiger partial charge in [-0.15, -0.1) is 0 Å². The zero-order chi connectivity index (χ0) is 12.1. The highest BCUT2D eigenvalue weighted by atomic mass is 32.1. The van der Waals surface area contributed by atoms with Gasteiger partial charge in [0.15, 0.2) is 0 Å². The van der Waals surface area contributed by atoms with Crippen LogP contribution >= 0.6 is 12.2 Å². The van der Waals surface area contributed by atoms with Crippen LogP contribution in [0.5, 0.6) is 0 Å². The van der Waals surface area contributed by atoms with Gasteiger partial charge in [0.25, 0.3) is 0 Å². The van der Waals surface area contributed by atoms with Gasteiger partial charge in [0.05, 0.1) is 6.61 Å². The van der Waals surface area contributed by atoms with Gasteiger partial charge in [-0.2, -0.15) is 0 Å². The van der Waals surface area contributed by atoms with Crippen molar-refractivity contribution in [2.45, 2.75) is 19.9 Å². The average molecular weight is 239 g/mol. The van der Waals surface area contributed by atoms with Gasteiger partial charge in [-0.25, -0.2) is 4.98 Å². The quantitative estimate of drug-likeness (QED) is 0.748. The Morgan fingerprint density at radius 2 is 2.25 bits per heavy atom. The number of pyridine rings is 1. The van der Waals surface area contributed by atoms with E-state index in [9.17, 15) is 0 Å². The molecule has 0 bridgehead atoms. The number of anilines is 1. The molecule has 0 saturated carbocycles. The Morgan fingerprint density at radius 1 is 1.56 bits per heavy atom. The van der Waals surface area contributed by atoms with Gasteiger partial charge < -0.3 is 15.7 Å². The van der Waals surface area contributed by atoms with E-state index in [1.165, 1.54) is 0 Å². The molecule has 88 valence electrons. The van der Waals surface area contributed by atoms with Crippen LogP contribution in [0, 0.1) is 0 Å². The minimum atomic E-state index is 0.108. The SMILES string of the molecule is CC(C)N(CCO)c1ccc(C(N)=S)cn1. The second kappa shape index (κ2) is 5.77. The van der Waals surface area contributed by atoms with Gasteiger partial charge in [-0.05, 0) is 26.0 Å². The summed E-state index contributed by atoms with van der Waals surface area (Å²) in [5.74, 6) is 0.823. The number of nitrogens with zero attached hydrogens (tertiary/aromatic N) is 2. The van der Waals surface area contributed by atoms with Gasteiger partial charge in [-0.1, -0.05) is 12.2 Å². The van der Waals surface area contributed by atoms with Gasteiger partial charge in [0.1, 0.15) is 10.8 Å². The highest BCUT2D eigenvalue weighted by Crippen LogP contribution is 2.13. The highest BCUT2D eigenvalue weighted by molar-refractivity contribution is 7.80. The van der Waals surface area contributed by atoms with E-state index in [4.69, 9.17) is 23.1 Å². The summed E-state index contributed by atoms with van der Waals surface area (Å²) in [5, 5.41) is 8.98. The summed E-state index contributed by atoms with van der Waals surface area (Å²) in [6, 6.07) is 4.00. The average Bonchev–Trinajstić information content (AvgIpc) is 2.25. The Bertz CT molecular complexity index is 351. The standard InChI is InChI=1S/C11H17N3OS/c1-8(2)14(5-6-15)10-4-3-9(7-13-10)11(12)16/h3-4,7-8,15H,5-6H2,1-2H3,(H2,12,16). The Morgan fingerprint density at radius 3 is 2.62 bits per heavy atom. The third-order valence-corrected chi connectivity index (χ3v) is 2.53. The maximum atomic E-state index is 8.98. The number of aromatic nitrogens is 1. The predicted octanol–water partition coefficient (Wildman–Crippen LogP) is 0.923. The first-order valence-corrected chi connectivity index (χ1v) is 5.60. The molecule has 0 saturated heterocycles. The Hall–Kier alpha value is -1.20. The maximum Gasteiger partial charge on any atom is 0.128 e. The molecule has 1 aromatic heterocycles. The monoisotopic (exact) mass is 239 g/mol. The van der Waals surface area contributed by atoms with E-state index in [1.807, 2.05) is 17.0 Å². The summed E-state index contributed by atoms with van der Waals surface area (Å²) in [6.07, 6.45) is 1.66. The third kappa shape index (κ3) is 3.15. The van der Waals surface area contributed by atoms with Crippen LogP contribution in [0.4, 0.5) is 5.82 Å². The first kappa shape index (κ1) is 12.9. The van der Waals surface area contributed by atoms with Gasteiger partial charge in [0.2, 0.25) is 0 Å². The van der Waals surface area contributed by atoms with Crippen LogP contribution in [0.25, 0.3) is 0 Å². The molecule has 0 atom stereocenters. The molecule has 0 radical (unpaired) electrons. The fourth-order valence-electron chi connectivity index (χ4n) is 1.45. The normalized spacial score (nSPS) is 10.5. The zero-order valence-electron chi connectivity index (χ0n) is 9.55. The van der Waals surface area contributed by atoms with Crippen molar-refractivity contribution in [1.29, 1.82) is 0 Å². The first-order chi connectivity index (χ1) is 7.56. The highest BCUT2D eigenvalue weighted by Gasteiger charge is 2.11. The minimum Gasteiger partial charge on any atom is -0.395 e.